The average molecular weight is 297 g/mol. The van der Waals surface area contributed by atoms with E-state index in [9.17, 15) is 4.79 Å². The standard InChI is InChI=1S/C18H19NO3/c1-11-12-6-4-5-7-14(12)19-16(20)9-8-13(17(11)19)15-10-21-18(2,3)22-15/h4-9,13,15H,10H2,1-3H3/t13-,15+/m0/s1. The number of allylic oxidation sites excluding steroid dienone is 1. The molecule has 0 aliphatic carbocycles. The fourth-order valence-corrected chi connectivity index (χ4v) is 3.60. The van der Waals surface area contributed by atoms with Gasteiger partial charge in [0.2, 0.25) is 0 Å². The minimum Gasteiger partial charge on any atom is -0.348 e. The number of fused-ring (bicyclic) bond motifs is 3. The fraction of sp³-hybridized carbons (Fsp3) is 0.389. The summed E-state index contributed by atoms with van der Waals surface area (Å²) in [7, 11) is 0. The Kier molecular flexibility index (Phi) is 2.83. The molecule has 1 aromatic carbocycles. The van der Waals surface area contributed by atoms with E-state index < -0.39 is 5.79 Å². The van der Waals surface area contributed by atoms with Gasteiger partial charge < -0.3 is 9.47 Å². The van der Waals surface area contributed by atoms with Gasteiger partial charge in [0.1, 0.15) is 0 Å². The minimum absolute atomic E-state index is 0.00808. The van der Waals surface area contributed by atoms with E-state index >= 15 is 0 Å². The molecule has 2 aliphatic rings. The lowest BCUT2D eigenvalue weighted by atomic mass is 9.93. The third kappa shape index (κ3) is 1.87. The van der Waals surface area contributed by atoms with Crippen LogP contribution in [0.4, 0.5) is 0 Å². The molecule has 0 bridgehead atoms. The maximum atomic E-state index is 12.4. The number of carbonyl (C=O) groups is 1. The van der Waals surface area contributed by atoms with Gasteiger partial charge in [-0.25, -0.2) is 0 Å². The molecule has 1 saturated heterocycles. The summed E-state index contributed by atoms with van der Waals surface area (Å²) in [6.45, 7) is 6.46. The summed E-state index contributed by atoms with van der Waals surface area (Å²) in [6, 6.07) is 8.03. The molecule has 0 radical (unpaired) electrons. The molecule has 22 heavy (non-hydrogen) atoms. The first-order chi connectivity index (χ1) is 10.5. The Balaban J connectivity index is 1.89. The first kappa shape index (κ1) is 13.7. The van der Waals surface area contributed by atoms with E-state index in [1.54, 1.807) is 6.08 Å². The summed E-state index contributed by atoms with van der Waals surface area (Å²) < 4.78 is 13.6. The molecular weight excluding hydrogens is 278 g/mol. The molecule has 2 aliphatic heterocycles. The quantitative estimate of drug-likeness (QED) is 0.810. The monoisotopic (exact) mass is 297 g/mol. The molecule has 0 spiro atoms. The first-order valence-corrected chi connectivity index (χ1v) is 7.62. The summed E-state index contributed by atoms with van der Waals surface area (Å²) >= 11 is 0. The summed E-state index contributed by atoms with van der Waals surface area (Å²) in [6.07, 6.45) is 3.54. The number of para-hydroxylation sites is 1. The maximum Gasteiger partial charge on any atom is 0.255 e. The Labute approximate surface area is 129 Å². The molecule has 4 rings (SSSR count). The molecule has 1 aromatic heterocycles. The highest BCUT2D eigenvalue weighted by molar-refractivity contribution is 6.02. The molecule has 4 heteroatoms. The van der Waals surface area contributed by atoms with Crippen molar-refractivity contribution in [2.75, 3.05) is 6.61 Å². The normalized spacial score (nSPS) is 26.6. The Morgan fingerprint density at radius 1 is 1.27 bits per heavy atom. The summed E-state index contributed by atoms with van der Waals surface area (Å²) in [4.78, 5) is 12.4. The lowest BCUT2D eigenvalue weighted by molar-refractivity contribution is -0.139. The zero-order chi connectivity index (χ0) is 15.5. The largest absolute Gasteiger partial charge is 0.348 e. The van der Waals surface area contributed by atoms with Gasteiger partial charge in [0.05, 0.1) is 18.2 Å². The van der Waals surface area contributed by atoms with Crippen LogP contribution in [-0.2, 0) is 9.47 Å². The Bertz CT molecular complexity index is 800. The van der Waals surface area contributed by atoms with Gasteiger partial charge in [-0.15, -0.1) is 0 Å². The van der Waals surface area contributed by atoms with E-state index in [1.807, 2.05) is 42.7 Å². The zero-order valence-electron chi connectivity index (χ0n) is 13.0. The van der Waals surface area contributed by atoms with Crippen LogP contribution >= 0.6 is 0 Å². The number of hydrogen-bond acceptors (Lipinski definition) is 3. The Morgan fingerprint density at radius 3 is 2.77 bits per heavy atom. The molecular formula is C18H19NO3. The predicted octanol–water partition coefficient (Wildman–Crippen LogP) is 3.39. The lowest BCUT2D eigenvalue weighted by Gasteiger charge is -2.26. The maximum absolute atomic E-state index is 12.4. The van der Waals surface area contributed by atoms with Gasteiger partial charge in [-0.2, -0.15) is 0 Å². The van der Waals surface area contributed by atoms with Crippen molar-refractivity contribution < 1.29 is 14.3 Å². The number of hydrogen-bond donors (Lipinski definition) is 0. The fourth-order valence-electron chi connectivity index (χ4n) is 3.60. The summed E-state index contributed by atoms with van der Waals surface area (Å²) in [5.74, 6) is -0.523. The molecule has 114 valence electrons. The van der Waals surface area contributed by atoms with E-state index in [4.69, 9.17) is 9.47 Å². The number of aryl methyl sites for hydroxylation is 1. The SMILES string of the molecule is Cc1c2n(c3ccccc13)C(=O)C=C[C@H]2[C@H]1COC(C)(C)O1. The highest BCUT2D eigenvalue weighted by Crippen LogP contribution is 2.39. The minimum atomic E-state index is -0.565. The highest BCUT2D eigenvalue weighted by atomic mass is 16.7. The molecule has 1 fully saturated rings. The second-order valence-corrected chi connectivity index (χ2v) is 6.45. The van der Waals surface area contributed by atoms with Gasteiger partial charge in [-0.05, 0) is 32.4 Å². The van der Waals surface area contributed by atoms with Crippen molar-refractivity contribution >= 4 is 16.8 Å². The number of ether oxygens (including phenoxy) is 2. The molecule has 2 aromatic rings. The van der Waals surface area contributed by atoms with Gasteiger partial charge in [0.15, 0.2) is 5.79 Å². The van der Waals surface area contributed by atoms with Gasteiger partial charge in [0, 0.05) is 23.1 Å². The average Bonchev–Trinajstić information content (AvgIpc) is 3.00. The van der Waals surface area contributed by atoms with Gasteiger partial charge in [0.25, 0.3) is 5.91 Å². The van der Waals surface area contributed by atoms with Crippen LogP contribution in [0.15, 0.2) is 36.4 Å². The van der Waals surface area contributed by atoms with Gasteiger partial charge in [-0.1, -0.05) is 24.3 Å². The number of benzene rings is 1. The first-order valence-electron chi connectivity index (χ1n) is 7.62. The number of nitrogens with zero attached hydrogens (tertiary/aromatic N) is 1. The van der Waals surface area contributed by atoms with E-state index in [-0.39, 0.29) is 17.9 Å². The van der Waals surface area contributed by atoms with Crippen molar-refractivity contribution in [3.8, 4) is 0 Å². The molecule has 0 saturated carbocycles. The third-order valence-corrected chi connectivity index (χ3v) is 4.59. The second kappa shape index (κ2) is 4.54. The Hall–Kier alpha value is -1.91. The van der Waals surface area contributed by atoms with Gasteiger partial charge in [-0.3, -0.25) is 9.36 Å². The molecule has 0 unspecified atom stereocenters. The van der Waals surface area contributed by atoms with Crippen LogP contribution in [0.5, 0.6) is 0 Å². The molecule has 3 heterocycles. The zero-order valence-corrected chi connectivity index (χ0v) is 13.0. The van der Waals surface area contributed by atoms with Crippen LogP contribution in [0.3, 0.4) is 0 Å². The Morgan fingerprint density at radius 2 is 2.05 bits per heavy atom. The van der Waals surface area contributed by atoms with Crippen molar-refractivity contribution in [1.82, 2.24) is 4.57 Å². The van der Waals surface area contributed by atoms with Crippen molar-refractivity contribution in [2.45, 2.75) is 38.6 Å². The van der Waals surface area contributed by atoms with Crippen LogP contribution in [-0.4, -0.2) is 29.0 Å². The van der Waals surface area contributed by atoms with E-state index in [0.29, 0.717) is 6.61 Å². The van der Waals surface area contributed by atoms with Crippen LogP contribution in [0.2, 0.25) is 0 Å². The number of carbonyl (C=O) groups excluding carboxylic acids is 1. The second-order valence-electron chi connectivity index (χ2n) is 6.45. The van der Waals surface area contributed by atoms with Crippen LogP contribution < -0.4 is 0 Å². The molecule has 0 amide bonds. The molecule has 0 N–H and O–H groups in total. The van der Waals surface area contributed by atoms with Crippen molar-refractivity contribution in [3.63, 3.8) is 0 Å². The van der Waals surface area contributed by atoms with Crippen LogP contribution in [0.1, 0.15) is 35.8 Å². The van der Waals surface area contributed by atoms with Gasteiger partial charge >= 0.3 is 0 Å². The predicted molar refractivity (Wildman–Crippen MR) is 84.1 cm³/mol. The lowest BCUT2D eigenvalue weighted by Crippen LogP contribution is -2.29. The smallest absolute Gasteiger partial charge is 0.255 e. The molecule has 4 nitrogen and oxygen atoms in total. The van der Waals surface area contributed by atoms with Crippen LogP contribution in [0.25, 0.3) is 10.9 Å². The number of rotatable bonds is 1. The van der Waals surface area contributed by atoms with Crippen molar-refractivity contribution in [3.05, 3.63) is 47.7 Å². The van der Waals surface area contributed by atoms with E-state index in [0.717, 1.165) is 22.2 Å². The highest BCUT2D eigenvalue weighted by Gasteiger charge is 2.40. The van der Waals surface area contributed by atoms with E-state index in [1.165, 1.54) is 0 Å². The third-order valence-electron chi connectivity index (χ3n) is 4.59. The van der Waals surface area contributed by atoms with E-state index in [2.05, 4.69) is 13.0 Å². The summed E-state index contributed by atoms with van der Waals surface area (Å²) in [5.41, 5.74) is 3.14. The topological polar surface area (TPSA) is 40.5 Å². The summed E-state index contributed by atoms with van der Waals surface area (Å²) in [5, 5.41) is 1.12. The number of aromatic nitrogens is 1. The van der Waals surface area contributed by atoms with Crippen LogP contribution in [0, 0.1) is 6.92 Å². The van der Waals surface area contributed by atoms with Crippen molar-refractivity contribution in [2.24, 2.45) is 0 Å². The molecule has 2 atom stereocenters. The van der Waals surface area contributed by atoms with Crippen molar-refractivity contribution in [1.29, 1.82) is 0 Å².